The number of imide groups is 1. The van der Waals surface area contributed by atoms with Gasteiger partial charge in [0.05, 0.1) is 31.0 Å². The van der Waals surface area contributed by atoms with Crippen molar-refractivity contribution < 1.29 is 28.6 Å². The molecule has 0 bridgehead atoms. The maximum Gasteiger partial charge on any atom is 0.339 e. The van der Waals surface area contributed by atoms with Crippen LogP contribution < -0.4 is 20.1 Å². The molecule has 2 N–H and O–H groups in total. The number of pyridine rings is 1. The molecule has 0 unspecified atom stereocenters. The Morgan fingerprint density at radius 1 is 0.977 bits per heavy atom. The third-order valence-electron chi connectivity index (χ3n) is 9.00. The second-order valence-electron chi connectivity index (χ2n) is 12.1. The molecule has 3 amide bonds. The lowest BCUT2D eigenvalue weighted by molar-refractivity contribution is -0.123. The van der Waals surface area contributed by atoms with Gasteiger partial charge in [-0.1, -0.05) is 63.9 Å². The number of nitrogens with one attached hydrogen (secondary N) is 2. The zero-order valence-corrected chi connectivity index (χ0v) is 26.1. The number of hydrogen-bond donors (Lipinski definition) is 2. The van der Waals surface area contributed by atoms with Crippen LogP contribution in [0.25, 0.3) is 22.6 Å². The van der Waals surface area contributed by atoms with E-state index < -0.39 is 24.5 Å². The summed E-state index contributed by atoms with van der Waals surface area (Å²) in [5, 5.41) is 5.89. The minimum Gasteiger partial charge on any atom is -0.493 e. The zero-order chi connectivity index (χ0) is 31.4. The highest BCUT2D eigenvalue weighted by atomic mass is 16.5. The van der Waals surface area contributed by atoms with E-state index in [2.05, 4.69) is 31.4 Å². The Balaban J connectivity index is 1.40. The molecule has 2 aliphatic rings. The molecule has 0 spiro atoms. The molecule has 5 rings (SSSR count). The van der Waals surface area contributed by atoms with E-state index in [9.17, 15) is 14.4 Å². The molecule has 232 valence electrons. The number of allylic oxidation sites excluding steroid dienone is 1. The number of urea groups is 1. The number of aromatic nitrogens is 1. The van der Waals surface area contributed by atoms with Crippen LogP contribution in [0.5, 0.6) is 11.5 Å². The summed E-state index contributed by atoms with van der Waals surface area (Å²) < 4.78 is 16.7. The largest absolute Gasteiger partial charge is 0.493 e. The van der Waals surface area contributed by atoms with Crippen molar-refractivity contribution >= 4 is 40.5 Å². The van der Waals surface area contributed by atoms with Gasteiger partial charge in [-0.15, -0.1) is 0 Å². The molecule has 0 radical (unpaired) electrons. The molecular weight excluding hydrogens is 558 g/mol. The van der Waals surface area contributed by atoms with E-state index in [0.717, 1.165) is 48.1 Å². The van der Waals surface area contributed by atoms with Crippen LogP contribution in [0.2, 0.25) is 0 Å². The van der Waals surface area contributed by atoms with Gasteiger partial charge in [-0.3, -0.25) is 10.1 Å². The number of hydrogen-bond acceptors (Lipinski definition) is 7. The van der Waals surface area contributed by atoms with E-state index in [-0.39, 0.29) is 12.0 Å². The maximum atomic E-state index is 13.7. The van der Waals surface area contributed by atoms with Crippen molar-refractivity contribution in [2.45, 2.75) is 58.9 Å². The van der Waals surface area contributed by atoms with Crippen LogP contribution >= 0.6 is 0 Å². The minimum atomic E-state index is -0.682. The van der Waals surface area contributed by atoms with Crippen molar-refractivity contribution in [2.24, 2.45) is 17.8 Å². The molecule has 2 aliphatic carbocycles. The van der Waals surface area contributed by atoms with Crippen LogP contribution in [-0.2, 0) is 16.0 Å². The smallest absolute Gasteiger partial charge is 0.339 e. The van der Waals surface area contributed by atoms with E-state index in [4.69, 9.17) is 19.2 Å². The first kappa shape index (κ1) is 31.0. The Kier molecular flexibility index (Phi) is 9.52. The minimum absolute atomic E-state index is 0.00462. The van der Waals surface area contributed by atoms with Crippen molar-refractivity contribution in [3.05, 3.63) is 64.8 Å². The highest BCUT2D eigenvalue weighted by Crippen LogP contribution is 2.41. The fraction of sp³-hybridized carbons (Fsp3) is 0.429. The third-order valence-corrected chi connectivity index (χ3v) is 9.00. The van der Waals surface area contributed by atoms with Gasteiger partial charge in [0.2, 0.25) is 0 Å². The predicted octanol–water partition coefficient (Wildman–Crippen LogP) is 6.18. The van der Waals surface area contributed by atoms with Gasteiger partial charge in [0.25, 0.3) is 5.91 Å². The van der Waals surface area contributed by atoms with Gasteiger partial charge in [-0.05, 0) is 66.4 Å². The molecule has 3 aromatic rings. The van der Waals surface area contributed by atoms with Gasteiger partial charge >= 0.3 is 12.0 Å². The number of fused-ring (bicyclic) bond motifs is 2. The second-order valence-corrected chi connectivity index (χ2v) is 12.1. The second kappa shape index (κ2) is 13.5. The summed E-state index contributed by atoms with van der Waals surface area (Å²) in [6, 6.07) is 12.6. The van der Waals surface area contributed by atoms with E-state index >= 15 is 0 Å². The van der Waals surface area contributed by atoms with Crippen LogP contribution in [-0.4, -0.2) is 49.8 Å². The number of nitrogens with zero attached hydrogens (tertiary/aromatic N) is 1. The molecule has 0 saturated heterocycles. The predicted molar refractivity (Wildman–Crippen MR) is 170 cm³/mol. The molecule has 44 heavy (non-hydrogen) atoms. The third kappa shape index (κ3) is 6.56. The zero-order valence-electron chi connectivity index (χ0n) is 26.1. The normalized spacial score (nSPS) is 22.2. The summed E-state index contributed by atoms with van der Waals surface area (Å²) in [4.78, 5) is 43.9. The monoisotopic (exact) mass is 599 g/mol. The Hall–Kier alpha value is -4.40. The van der Waals surface area contributed by atoms with Crippen molar-refractivity contribution in [1.29, 1.82) is 0 Å². The number of esters is 1. The molecule has 4 atom stereocenters. The van der Waals surface area contributed by atoms with Gasteiger partial charge in [0.15, 0.2) is 18.1 Å². The van der Waals surface area contributed by atoms with Crippen molar-refractivity contribution in [3.63, 3.8) is 0 Å². The van der Waals surface area contributed by atoms with Crippen LogP contribution in [0.3, 0.4) is 0 Å². The quantitative estimate of drug-likeness (QED) is 0.312. The number of para-hydroxylation sites is 2. The molecule has 1 aromatic heterocycles. The summed E-state index contributed by atoms with van der Waals surface area (Å²) in [7, 11) is 3.20. The van der Waals surface area contributed by atoms with E-state index in [0.29, 0.717) is 46.2 Å². The van der Waals surface area contributed by atoms with Crippen molar-refractivity contribution in [1.82, 2.24) is 15.6 Å². The average molecular weight is 600 g/mol. The van der Waals surface area contributed by atoms with Gasteiger partial charge in [0.1, 0.15) is 0 Å². The number of carbonyl (C=O) groups is 3. The Morgan fingerprint density at radius 2 is 1.77 bits per heavy atom. The summed E-state index contributed by atoms with van der Waals surface area (Å²) >= 11 is 0. The lowest BCUT2D eigenvalue weighted by atomic mass is 9.78. The van der Waals surface area contributed by atoms with Gasteiger partial charge in [0, 0.05) is 17.0 Å². The van der Waals surface area contributed by atoms with Crippen LogP contribution in [0.4, 0.5) is 4.79 Å². The summed E-state index contributed by atoms with van der Waals surface area (Å²) in [6.07, 6.45) is 6.46. The first-order valence-corrected chi connectivity index (χ1v) is 15.3. The van der Waals surface area contributed by atoms with Crippen LogP contribution in [0.1, 0.15) is 73.6 Å². The fourth-order valence-corrected chi connectivity index (χ4v) is 6.54. The number of carbonyl (C=O) groups excluding carboxylic acids is 3. The first-order chi connectivity index (χ1) is 21.2. The molecule has 9 heteroatoms. The molecule has 1 saturated carbocycles. The number of amides is 3. The molecule has 1 heterocycles. The van der Waals surface area contributed by atoms with Crippen molar-refractivity contribution in [2.75, 3.05) is 20.8 Å². The van der Waals surface area contributed by atoms with Gasteiger partial charge < -0.3 is 19.5 Å². The Bertz CT molecular complexity index is 1600. The number of rotatable bonds is 7. The maximum absolute atomic E-state index is 13.7. The highest BCUT2D eigenvalue weighted by molar-refractivity contribution is 6.07. The van der Waals surface area contributed by atoms with Crippen LogP contribution in [0.15, 0.2) is 42.5 Å². The number of ether oxygens (including phenoxy) is 3. The lowest BCUT2D eigenvalue weighted by Gasteiger charge is -2.34. The van der Waals surface area contributed by atoms with Gasteiger partial charge in [-0.2, -0.15) is 0 Å². The fourth-order valence-electron chi connectivity index (χ4n) is 6.54. The standard InChI is InChI=1S/C35H41N3O6/c1-20-16-24(18-23-11-9-15-29(42-4)33(23)43-5)32-26(17-20)31(25-12-6-7-13-28(25)36-32)34(40)44-19-30(39)38-35(41)37-27-14-8-10-21(2)22(27)3/h6-7,9,11-13,15,18,20-22,27H,8,10,14,16-17,19H2,1-5H3,(H2,37,38,39,41)/b24-18+/t20-,21+,22-,27-/m0/s1. The molecule has 9 nitrogen and oxygen atoms in total. The highest BCUT2D eigenvalue weighted by Gasteiger charge is 2.31. The van der Waals surface area contributed by atoms with E-state index in [1.807, 2.05) is 48.5 Å². The summed E-state index contributed by atoms with van der Waals surface area (Å²) in [6.45, 7) is 5.85. The average Bonchev–Trinajstić information content (AvgIpc) is 3.01. The molecular formula is C35H41N3O6. The lowest BCUT2D eigenvalue weighted by Crippen LogP contribution is -2.49. The Morgan fingerprint density at radius 3 is 2.55 bits per heavy atom. The number of benzene rings is 2. The molecule has 1 fully saturated rings. The Labute approximate surface area is 258 Å². The van der Waals surface area contributed by atoms with Gasteiger partial charge in [-0.25, -0.2) is 14.6 Å². The molecule has 0 aliphatic heterocycles. The van der Waals surface area contributed by atoms with Crippen molar-refractivity contribution in [3.8, 4) is 11.5 Å². The van der Waals surface area contributed by atoms with Crippen LogP contribution in [0, 0.1) is 17.8 Å². The SMILES string of the molecule is COc1cccc(/C=C2\C[C@H](C)Cc3c2nc2ccccc2c3C(=O)OCC(=O)NC(=O)N[C@H]2CCC[C@@H](C)[C@@H]2C)c1OC. The van der Waals surface area contributed by atoms with E-state index in [1.54, 1.807) is 14.2 Å². The summed E-state index contributed by atoms with van der Waals surface area (Å²) in [5.41, 5.74) is 4.34. The molecule has 2 aromatic carbocycles. The number of methoxy groups -OCH3 is 2. The summed E-state index contributed by atoms with van der Waals surface area (Å²) in [5.74, 6) is 0.969. The van der Waals surface area contributed by atoms with E-state index in [1.165, 1.54) is 0 Å². The topological polar surface area (TPSA) is 116 Å². The first-order valence-electron chi connectivity index (χ1n) is 15.3.